The molecule has 1 unspecified atom stereocenters. The Kier molecular flexibility index (Phi) is 7.99. The average Bonchev–Trinajstić information content (AvgIpc) is 3.52. The molecule has 0 saturated heterocycles. The molecule has 0 heterocycles. The second kappa shape index (κ2) is 13.2. The molecule has 9 rings (SSSR count). The molecular formula is C51H38. The van der Waals surface area contributed by atoms with Gasteiger partial charge in [0, 0.05) is 5.92 Å². The third-order valence-corrected chi connectivity index (χ3v) is 10.6. The van der Waals surface area contributed by atoms with E-state index in [9.17, 15) is 0 Å². The Bertz CT molecular complexity index is 2470. The Morgan fingerprint density at radius 1 is 0.353 bits per heavy atom. The molecule has 1 aliphatic carbocycles. The maximum Gasteiger partial charge on any atom is 0.0352 e. The van der Waals surface area contributed by atoms with Crippen molar-refractivity contribution in [2.75, 3.05) is 0 Å². The number of aryl methyl sites for hydroxylation is 1. The molecule has 0 nitrogen and oxygen atoms in total. The van der Waals surface area contributed by atoms with Gasteiger partial charge < -0.3 is 0 Å². The summed E-state index contributed by atoms with van der Waals surface area (Å²) < 4.78 is 0. The average molecular weight is 651 g/mol. The number of hydrogen-bond donors (Lipinski definition) is 0. The highest BCUT2D eigenvalue weighted by molar-refractivity contribution is 5.88. The van der Waals surface area contributed by atoms with Crippen molar-refractivity contribution in [2.24, 2.45) is 0 Å². The van der Waals surface area contributed by atoms with E-state index in [0.29, 0.717) is 0 Å². The van der Waals surface area contributed by atoms with Gasteiger partial charge in [0.1, 0.15) is 0 Å². The van der Waals surface area contributed by atoms with E-state index in [1.54, 1.807) is 0 Å². The van der Waals surface area contributed by atoms with Gasteiger partial charge in [-0.15, -0.1) is 0 Å². The summed E-state index contributed by atoms with van der Waals surface area (Å²) in [6, 6.07) is 71.5. The molecule has 51 heavy (non-hydrogen) atoms. The van der Waals surface area contributed by atoms with Crippen molar-refractivity contribution >= 4 is 0 Å². The van der Waals surface area contributed by atoms with Gasteiger partial charge in [-0.2, -0.15) is 0 Å². The van der Waals surface area contributed by atoms with Crippen LogP contribution in [0.3, 0.4) is 0 Å². The number of fused-ring (bicyclic) bond motifs is 3. The van der Waals surface area contributed by atoms with Crippen molar-refractivity contribution in [1.82, 2.24) is 0 Å². The van der Waals surface area contributed by atoms with E-state index in [2.05, 4.69) is 201 Å². The third-order valence-electron chi connectivity index (χ3n) is 10.6. The van der Waals surface area contributed by atoms with E-state index in [0.717, 1.165) is 6.42 Å². The van der Waals surface area contributed by atoms with Crippen molar-refractivity contribution in [3.8, 4) is 55.6 Å². The Balaban J connectivity index is 1.17. The molecule has 1 atom stereocenters. The first-order chi connectivity index (χ1) is 25.2. The molecule has 0 N–H and O–H groups in total. The van der Waals surface area contributed by atoms with Crippen LogP contribution >= 0.6 is 0 Å². The van der Waals surface area contributed by atoms with Gasteiger partial charge in [-0.25, -0.2) is 0 Å². The smallest absolute Gasteiger partial charge is 0.0352 e. The lowest BCUT2D eigenvalue weighted by Crippen LogP contribution is -1.99. The molecule has 242 valence electrons. The Hall–Kier alpha value is -6.24. The van der Waals surface area contributed by atoms with Crippen LogP contribution in [0.25, 0.3) is 55.6 Å². The van der Waals surface area contributed by atoms with Gasteiger partial charge in [0.05, 0.1) is 0 Å². The molecule has 8 aromatic rings. The van der Waals surface area contributed by atoms with Gasteiger partial charge in [-0.1, -0.05) is 176 Å². The minimum absolute atomic E-state index is 0.175. The molecule has 1 aliphatic rings. The Morgan fingerprint density at radius 2 is 0.804 bits per heavy atom. The van der Waals surface area contributed by atoms with Crippen molar-refractivity contribution in [3.63, 3.8) is 0 Å². The van der Waals surface area contributed by atoms with E-state index in [1.165, 1.54) is 89.0 Å². The SMILES string of the molecule is Cc1ccccc1-c1cc(-c2ccc3c(c2)-c2cc(-c4ccccc4)ccc2C3c2ccc(-c3ccccc3)cc2)ccc1Cc1ccccc1. The predicted octanol–water partition coefficient (Wildman–Crippen LogP) is 13.4. The summed E-state index contributed by atoms with van der Waals surface area (Å²) in [6.07, 6.45) is 0.898. The molecule has 0 aromatic heterocycles. The first-order valence-electron chi connectivity index (χ1n) is 17.9. The molecule has 0 aliphatic heterocycles. The second-order valence-electron chi connectivity index (χ2n) is 13.7. The monoisotopic (exact) mass is 650 g/mol. The highest BCUT2D eigenvalue weighted by Crippen LogP contribution is 2.50. The van der Waals surface area contributed by atoms with Gasteiger partial charge in [-0.05, 0) is 121 Å². The fraction of sp³-hybridized carbons (Fsp3) is 0.0588. The maximum absolute atomic E-state index is 2.44. The molecule has 0 spiro atoms. The quantitative estimate of drug-likeness (QED) is 0.161. The van der Waals surface area contributed by atoms with Crippen LogP contribution in [0.4, 0.5) is 0 Å². The number of rotatable bonds is 7. The molecule has 0 radical (unpaired) electrons. The van der Waals surface area contributed by atoms with Crippen molar-refractivity contribution in [3.05, 3.63) is 228 Å². The van der Waals surface area contributed by atoms with Crippen molar-refractivity contribution < 1.29 is 0 Å². The molecule has 0 fully saturated rings. The van der Waals surface area contributed by atoms with Crippen LogP contribution in [-0.2, 0) is 6.42 Å². The lowest BCUT2D eigenvalue weighted by molar-refractivity contribution is 1.02. The highest BCUT2D eigenvalue weighted by atomic mass is 14.3. The van der Waals surface area contributed by atoms with Gasteiger partial charge in [0.15, 0.2) is 0 Å². The summed E-state index contributed by atoms with van der Waals surface area (Å²) in [4.78, 5) is 0. The summed E-state index contributed by atoms with van der Waals surface area (Å²) in [6.45, 7) is 2.22. The van der Waals surface area contributed by atoms with Crippen LogP contribution < -0.4 is 0 Å². The van der Waals surface area contributed by atoms with E-state index < -0.39 is 0 Å². The van der Waals surface area contributed by atoms with Crippen LogP contribution in [-0.4, -0.2) is 0 Å². The summed E-state index contributed by atoms with van der Waals surface area (Å²) in [5.41, 5.74) is 20.7. The fourth-order valence-corrected chi connectivity index (χ4v) is 7.95. The summed E-state index contributed by atoms with van der Waals surface area (Å²) >= 11 is 0. The van der Waals surface area contributed by atoms with Gasteiger partial charge >= 0.3 is 0 Å². The van der Waals surface area contributed by atoms with Crippen LogP contribution in [0.5, 0.6) is 0 Å². The largest absolute Gasteiger partial charge is 0.0622 e. The van der Waals surface area contributed by atoms with Crippen LogP contribution in [0, 0.1) is 6.92 Å². The van der Waals surface area contributed by atoms with E-state index in [1.807, 2.05) is 0 Å². The van der Waals surface area contributed by atoms with Crippen molar-refractivity contribution in [1.29, 1.82) is 0 Å². The minimum atomic E-state index is 0.175. The predicted molar refractivity (Wildman–Crippen MR) is 215 cm³/mol. The number of hydrogen-bond acceptors (Lipinski definition) is 0. The Morgan fingerprint density at radius 3 is 1.41 bits per heavy atom. The number of benzene rings is 8. The molecule has 0 bridgehead atoms. The van der Waals surface area contributed by atoms with Crippen molar-refractivity contribution in [2.45, 2.75) is 19.3 Å². The molecular weight excluding hydrogens is 613 g/mol. The molecule has 0 saturated carbocycles. The van der Waals surface area contributed by atoms with Gasteiger partial charge in [-0.3, -0.25) is 0 Å². The van der Waals surface area contributed by atoms with Crippen LogP contribution in [0.2, 0.25) is 0 Å². The lowest BCUT2D eigenvalue weighted by atomic mass is 9.87. The standard InChI is InChI=1S/C51H38/c1-35-13-11-12-20-45(35)48-32-42(25-26-44(48)31-36-14-5-2-6-15-36)43-28-30-47-50(34-43)49-33-41(38-18-9-4-10-19-38)27-29-46(49)51(47)40-23-21-39(22-24-40)37-16-7-3-8-17-37/h2-30,32-34,51H,31H2,1H3. The summed E-state index contributed by atoms with van der Waals surface area (Å²) in [7, 11) is 0. The zero-order valence-electron chi connectivity index (χ0n) is 28.8. The normalized spacial score (nSPS) is 13.1. The zero-order valence-corrected chi connectivity index (χ0v) is 28.8. The first-order valence-corrected chi connectivity index (χ1v) is 17.9. The van der Waals surface area contributed by atoms with E-state index in [4.69, 9.17) is 0 Å². The zero-order chi connectivity index (χ0) is 34.1. The maximum atomic E-state index is 2.44. The highest BCUT2D eigenvalue weighted by Gasteiger charge is 2.31. The molecule has 8 aromatic carbocycles. The summed E-state index contributed by atoms with van der Waals surface area (Å²) in [5, 5.41) is 0. The fourth-order valence-electron chi connectivity index (χ4n) is 7.95. The third kappa shape index (κ3) is 5.90. The minimum Gasteiger partial charge on any atom is -0.0622 e. The van der Waals surface area contributed by atoms with E-state index in [-0.39, 0.29) is 5.92 Å². The van der Waals surface area contributed by atoms with E-state index >= 15 is 0 Å². The first kappa shape index (κ1) is 30.8. The second-order valence-corrected chi connectivity index (χ2v) is 13.7. The lowest BCUT2D eigenvalue weighted by Gasteiger charge is -2.17. The molecule has 0 amide bonds. The molecule has 0 heteroatoms. The van der Waals surface area contributed by atoms with Crippen LogP contribution in [0.1, 0.15) is 39.3 Å². The van der Waals surface area contributed by atoms with Gasteiger partial charge in [0.2, 0.25) is 0 Å². The Labute approximate surface area is 301 Å². The topological polar surface area (TPSA) is 0 Å². The summed E-state index contributed by atoms with van der Waals surface area (Å²) in [5.74, 6) is 0.175. The van der Waals surface area contributed by atoms with Crippen LogP contribution in [0.15, 0.2) is 194 Å². The van der Waals surface area contributed by atoms with Gasteiger partial charge in [0.25, 0.3) is 0 Å².